The third-order valence-electron chi connectivity index (χ3n) is 4.56. The van der Waals surface area contributed by atoms with E-state index in [0.29, 0.717) is 12.6 Å². The average molecular weight is 507 g/mol. The molecular weight excluding hydrogens is 476 g/mol. The summed E-state index contributed by atoms with van der Waals surface area (Å²) in [5, 5.41) is 32.8. The average Bonchev–Trinajstić information content (AvgIpc) is 2.86. The molecule has 0 amide bonds. The molecule has 0 unspecified atom stereocenters. The lowest BCUT2D eigenvalue weighted by Crippen LogP contribution is -2.29. The number of carboxylic acids is 4. The monoisotopic (exact) mass is 506 g/mol. The molecule has 1 aromatic heterocycles. The van der Waals surface area contributed by atoms with Crippen molar-refractivity contribution in [3.8, 4) is 5.75 Å². The number of aromatic nitrogens is 2. The first-order valence-electron chi connectivity index (χ1n) is 11.1. The highest BCUT2D eigenvalue weighted by molar-refractivity contribution is 6.27. The molecule has 0 radical (unpaired) electrons. The van der Waals surface area contributed by atoms with E-state index >= 15 is 0 Å². The van der Waals surface area contributed by atoms with E-state index in [1.165, 1.54) is 37.9 Å². The molecule has 0 bridgehead atoms. The normalized spacial score (nSPS) is 12.6. The minimum atomic E-state index is -1.82. The lowest BCUT2D eigenvalue weighted by molar-refractivity contribution is -0.159. The zero-order valence-electron chi connectivity index (χ0n) is 19.6. The molecule has 13 heteroatoms. The molecular formula is C23H30N4O9. The predicted molar refractivity (Wildman–Crippen MR) is 127 cm³/mol. The maximum atomic E-state index is 9.10. The first-order chi connectivity index (χ1) is 17.2. The number of rotatable bonds is 8. The van der Waals surface area contributed by atoms with Gasteiger partial charge in [0, 0.05) is 25.5 Å². The van der Waals surface area contributed by atoms with Crippen molar-refractivity contribution < 1.29 is 44.3 Å². The number of nitrogens with one attached hydrogen (secondary N) is 1. The summed E-state index contributed by atoms with van der Waals surface area (Å²) < 4.78 is 5.87. The Hall–Kier alpha value is -4.26. The van der Waals surface area contributed by atoms with Gasteiger partial charge in [-0.15, -0.1) is 0 Å². The SMILES string of the molecule is O=C(O)C(=O)O.O=C(O)C(=O)O.c1cnc(NCCCOc2cccc(CN3CCCCC3)c2)nc1. The van der Waals surface area contributed by atoms with Gasteiger partial charge in [0.05, 0.1) is 6.61 Å². The smallest absolute Gasteiger partial charge is 0.414 e. The van der Waals surface area contributed by atoms with Gasteiger partial charge in [-0.05, 0) is 56.1 Å². The Labute approximate surface area is 207 Å². The van der Waals surface area contributed by atoms with Gasteiger partial charge in [0.25, 0.3) is 0 Å². The van der Waals surface area contributed by atoms with Gasteiger partial charge in [0.1, 0.15) is 5.75 Å². The van der Waals surface area contributed by atoms with Crippen LogP contribution >= 0.6 is 0 Å². The zero-order valence-corrected chi connectivity index (χ0v) is 19.6. The van der Waals surface area contributed by atoms with Crippen molar-refractivity contribution in [3.63, 3.8) is 0 Å². The summed E-state index contributed by atoms with van der Waals surface area (Å²) in [6.45, 7) is 4.96. The van der Waals surface area contributed by atoms with Gasteiger partial charge in [-0.25, -0.2) is 29.1 Å². The number of piperidine rings is 1. The number of aliphatic carboxylic acids is 4. The molecule has 0 atom stereocenters. The van der Waals surface area contributed by atoms with E-state index < -0.39 is 23.9 Å². The number of hydrogen-bond donors (Lipinski definition) is 5. The van der Waals surface area contributed by atoms with Crippen molar-refractivity contribution >= 4 is 29.8 Å². The third kappa shape index (κ3) is 14.1. The van der Waals surface area contributed by atoms with Crippen LogP contribution in [0.4, 0.5) is 5.95 Å². The molecule has 0 aliphatic carbocycles. The third-order valence-corrected chi connectivity index (χ3v) is 4.56. The molecule has 1 aliphatic heterocycles. The molecule has 1 aromatic carbocycles. The molecule has 0 saturated carbocycles. The van der Waals surface area contributed by atoms with E-state index in [1.54, 1.807) is 12.4 Å². The molecule has 1 aliphatic rings. The fraction of sp³-hybridized carbons (Fsp3) is 0.391. The predicted octanol–water partition coefficient (Wildman–Crippen LogP) is 1.65. The van der Waals surface area contributed by atoms with E-state index in [2.05, 4.69) is 38.4 Å². The Kier molecular flexibility index (Phi) is 14.2. The van der Waals surface area contributed by atoms with Gasteiger partial charge in [-0.3, -0.25) is 4.90 Å². The van der Waals surface area contributed by atoms with Crippen molar-refractivity contribution in [1.82, 2.24) is 14.9 Å². The quantitative estimate of drug-likeness (QED) is 0.256. The largest absolute Gasteiger partial charge is 0.494 e. The summed E-state index contributed by atoms with van der Waals surface area (Å²) in [5.74, 6) is -5.67. The molecule has 2 heterocycles. The highest BCUT2D eigenvalue weighted by Crippen LogP contribution is 2.17. The Morgan fingerprint density at radius 1 is 0.861 bits per heavy atom. The van der Waals surface area contributed by atoms with Crippen LogP contribution in [0.5, 0.6) is 5.75 Å². The summed E-state index contributed by atoms with van der Waals surface area (Å²) in [6, 6.07) is 10.3. The number of benzene rings is 1. The Morgan fingerprint density at radius 2 is 1.44 bits per heavy atom. The van der Waals surface area contributed by atoms with E-state index in [-0.39, 0.29) is 0 Å². The van der Waals surface area contributed by atoms with Crippen molar-refractivity contribution in [2.24, 2.45) is 0 Å². The van der Waals surface area contributed by atoms with Crippen LogP contribution in [0.2, 0.25) is 0 Å². The number of ether oxygens (including phenoxy) is 1. The van der Waals surface area contributed by atoms with E-state index in [9.17, 15) is 0 Å². The fourth-order valence-electron chi connectivity index (χ4n) is 2.96. The minimum Gasteiger partial charge on any atom is -0.494 e. The van der Waals surface area contributed by atoms with Crippen LogP contribution in [-0.2, 0) is 25.7 Å². The second kappa shape index (κ2) is 17.2. The molecule has 3 rings (SSSR count). The first-order valence-corrected chi connectivity index (χ1v) is 11.1. The molecule has 2 aromatic rings. The summed E-state index contributed by atoms with van der Waals surface area (Å²) in [4.78, 5) is 47.2. The maximum absolute atomic E-state index is 9.10. The van der Waals surface area contributed by atoms with Crippen LogP contribution in [0.15, 0.2) is 42.7 Å². The number of anilines is 1. The van der Waals surface area contributed by atoms with Gasteiger partial charge in [-0.2, -0.15) is 0 Å². The van der Waals surface area contributed by atoms with Gasteiger partial charge in [-0.1, -0.05) is 18.6 Å². The fourth-order valence-corrected chi connectivity index (χ4v) is 2.96. The highest BCUT2D eigenvalue weighted by Gasteiger charge is 2.10. The lowest BCUT2D eigenvalue weighted by Gasteiger charge is -2.26. The minimum absolute atomic E-state index is 0.668. The molecule has 1 saturated heterocycles. The van der Waals surface area contributed by atoms with E-state index in [0.717, 1.165) is 25.3 Å². The van der Waals surface area contributed by atoms with Crippen LogP contribution in [0.1, 0.15) is 31.2 Å². The zero-order chi connectivity index (χ0) is 26.8. The lowest BCUT2D eigenvalue weighted by atomic mass is 10.1. The van der Waals surface area contributed by atoms with Crippen molar-refractivity contribution in [1.29, 1.82) is 0 Å². The van der Waals surface area contributed by atoms with E-state index in [4.69, 9.17) is 44.3 Å². The van der Waals surface area contributed by atoms with Gasteiger partial charge < -0.3 is 30.5 Å². The number of nitrogens with zero attached hydrogens (tertiary/aromatic N) is 3. The second-order valence-electron chi connectivity index (χ2n) is 7.41. The Balaban J connectivity index is 0.000000450. The Bertz CT molecular complexity index is 919. The molecule has 0 spiro atoms. The standard InChI is InChI=1S/C19H26N4O.2C2H2O4/c1-2-12-23(13-3-1)16-17-7-4-8-18(15-17)24-14-6-11-22-19-20-9-5-10-21-19;2*3-1(4)2(5)6/h4-5,7-10,15H,1-3,6,11-14,16H2,(H,20,21,22);2*(H,3,4)(H,5,6). The number of carbonyl (C=O) groups is 4. The molecule has 196 valence electrons. The van der Waals surface area contributed by atoms with Gasteiger partial charge in [0.2, 0.25) is 5.95 Å². The number of likely N-dealkylation sites (tertiary alicyclic amines) is 1. The van der Waals surface area contributed by atoms with E-state index in [1.807, 2.05) is 12.1 Å². The van der Waals surface area contributed by atoms with Crippen LogP contribution in [-0.4, -0.2) is 85.4 Å². The van der Waals surface area contributed by atoms with Crippen molar-refractivity contribution in [2.45, 2.75) is 32.2 Å². The van der Waals surface area contributed by atoms with Gasteiger partial charge >= 0.3 is 23.9 Å². The Morgan fingerprint density at radius 3 is 2.00 bits per heavy atom. The van der Waals surface area contributed by atoms with Crippen LogP contribution in [0.25, 0.3) is 0 Å². The van der Waals surface area contributed by atoms with Crippen molar-refractivity contribution in [3.05, 3.63) is 48.3 Å². The summed E-state index contributed by atoms with van der Waals surface area (Å²) in [7, 11) is 0. The highest BCUT2D eigenvalue weighted by atomic mass is 16.5. The topological polar surface area (TPSA) is 199 Å². The number of hydrogen-bond acceptors (Lipinski definition) is 9. The van der Waals surface area contributed by atoms with Crippen LogP contribution in [0.3, 0.4) is 0 Å². The summed E-state index contributed by atoms with van der Waals surface area (Å²) in [5.41, 5.74) is 1.34. The molecule has 36 heavy (non-hydrogen) atoms. The number of carboxylic acid groups (broad SMARTS) is 4. The van der Waals surface area contributed by atoms with Crippen molar-refractivity contribution in [2.75, 3.05) is 31.6 Å². The van der Waals surface area contributed by atoms with Crippen LogP contribution in [0, 0.1) is 0 Å². The summed E-state index contributed by atoms with van der Waals surface area (Å²) in [6.07, 6.45) is 8.41. The maximum Gasteiger partial charge on any atom is 0.414 e. The summed E-state index contributed by atoms with van der Waals surface area (Å²) >= 11 is 0. The molecule has 1 fully saturated rings. The first kappa shape index (κ1) is 29.8. The molecule has 13 nitrogen and oxygen atoms in total. The molecule has 5 N–H and O–H groups in total. The second-order valence-corrected chi connectivity index (χ2v) is 7.41. The van der Waals surface area contributed by atoms with Crippen LogP contribution < -0.4 is 10.1 Å². The van der Waals surface area contributed by atoms with Gasteiger partial charge in [0.15, 0.2) is 0 Å².